The summed E-state index contributed by atoms with van der Waals surface area (Å²) in [6.07, 6.45) is 1.46. The van der Waals surface area contributed by atoms with Crippen molar-refractivity contribution in [1.29, 1.82) is 0 Å². The highest BCUT2D eigenvalue weighted by Crippen LogP contribution is 2.32. The quantitative estimate of drug-likeness (QED) is 0.563. The molecule has 0 N–H and O–H groups in total. The molecule has 1 atom stereocenters. The molecule has 0 saturated carbocycles. The lowest BCUT2D eigenvalue weighted by Gasteiger charge is -2.13. The summed E-state index contributed by atoms with van der Waals surface area (Å²) in [7, 11) is 1.65. The van der Waals surface area contributed by atoms with Crippen LogP contribution in [0.3, 0.4) is 0 Å². The predicted molar refractivity (Wildman–Crippen MR) is 94.0 cm³/mol. The zero-order valence-corrected chi connectivity index (χ0v) is 14.1. The number of hydrogen-bond acceptors (Lipinski definition) is 5. The lowest BCUT2D eigenvalue weighted by molar-refractivity contribution is 0.118. The smallest absolute Gasteiger partial charge is 0.496 e. The molecule has 0 aromatic heterocycles. The molecule has 0 spiro atoms. The van der Waals surface area contributed by atoms with Crippen molar-refractivity contribution in [2.24, 2.45) is 0 Å². The van der Waals surface area contributed by atoms with Gasteiger partial charge in [-0.1, -0.05) is 30.9 Å². The fraction of sp³-hybridized carbons (Fsp3) is 0.250. The van der Waals surface area contributed by atoms with E-state index in [0.717, 1.165) is 28.2 Å². The molecule has 0 aliphatic carbocycles. The highest BCUT2D eigenvalue weighted by atomic mass is 16.8. The van der Waals surface area contributed by atoms with E-state index in [-0.39, 0.29) is 12.7 Å². The van der Waals surface area contributed by atoms with E-state index < -0.39 is 6.16 Å². The van der Waals surface area contributed by atoms with Gasteiger partial charge in [0.2, 0.25) is 0 Å². The number of hydrogen-bond donors (Lipinski definition) is 0. The van der Waals surface area contributed by atoms with Crippen molar-refractivity contribution in [3.63, 3.8) is 0 Å². The summed E-state index contributed by atoms with van der Waals surface area (Å²) < 4.78 is 20.9. The van der Waals surface area contributed by atoms with Gasteiger partial charge < -0.3 is 18.9 Å². The summed E-state index contributed by atoms with van der Waals surface area (Å²) >= 11 is 0. The van der Waals surface area contributed by atoms with Gasteiger partial charge >= 0.3 is 6.16 Å². The van der Waals surface area contributed by atoms with Crippen molar-refractivity contribution >= 4 is 6.16 Å². The molecule has 25 heavy (non-hydrogen) atoms. The van der Waals surface area contributed by atoms with Crippen molar-refractivity contribution in [2.75, 3.05) is 20.3 Å². The fourth-order valence-electron chi connectivity index (χ4n) is 2.72. The second kappa shape index (κ2) is 7.75. The highest BCUT2D eigenvalue weighted by molar-refractivity contribution is 5.72. The zero-order valence-electron chi connectivity index (χ0n) is 14.1. The molecule has 1 saturated heterocycles. The molecule has 2 aromatic carbocycles. The topological polar surface area (TPSA) is 54.0 Å². The third kappa shape index (κ3) is 4.12. The van der Waals surface area contributed by atoms with Gasteiger partial charge in [-0.15, -0.1) is 0 Å². The second-order valence-corrected chi connectivity index (χ2v) is 5.66. The van der Waals surface area contributed by atoms with E-state index >= 15 is 0 Å². The van der Waals surface area contributed by atoms with Crippen molar-refractivity contribution in [3.8, 4) is 22.6 Å². The van der Waals surface area contributed by atoms with Gasteiger partial charge in [0.25, 0.3) is 0 Å². The van der Waals surface area contributed by atoms with E-state index in [0.29, 0.717) is 13.0 Å². The Labute approximate surface area is 146 Å². The van der Waals surface area contributed by atoms with Gasteiger partial charge in [-0.05, 0) is 35.4 Å². The summed E-state index contributed by atoms with van der Waals surface area (Å²) in [6.45, 7) is 4.40. The zero-order chi connectivity index (χ0) is 17.6. The maximum absolute atomic E-state index is 11.1. The Morgan fingerprint density at radius 2 is 2.04 bits per heavy atom. The van der Waals surface area contributed by atoms with E-state index in [1.54, 1.807) is 13.2 Å². The van der Waals surface area contributed by atoms with Crippen LogP contribution in [0.2, 0.25) is 0 Å². The predicted octanol–water partition coefficient (Wildman–Crippen LogP) is 4.00. The number of benzene rings is 2. The second-order valence-electron chi connectivity index (χ2n) is 5.66. The van der Waals surface area contributed by atoms with Gasteiger partial charge in [-0.3, -0.25) is 0 Å². The molecule has 1 aliphatic heterocycles. The summed E-state index contributed by atoms with van der Waals surface area (Å²) in [4.78, 5) is 11.1. The number of ether oxygens (including phenoxy) is 4. The molecule has 1 unspecified atom stereocenters. The maximum Gasteiger partial charge on any atom is 0.508 e. The van der Waals surface area contributed by atoms with Gasteiger partial charge in [0, 0.05) is 12.0 Å². The van der Waals surface area contributed by atoms with E-state index in [4.69, 9.17) is 18.9 Å². The number of rotatable bonds is 7. The third-order valence-corrected chi connectivity index (χ3v) is 3.91. The summed E-state index contributed by atoms with van der Waals surface area (Å²) in [5.41, 5.74) is 3.04. The molecule has 5 nitrogen and oxygen atoms in total. The van der Waals surface area contributed by atoms with Crippen LogP contribution in [-0.2, 0) is 15.9 Å². The Bertz CT molecular complexity index is 751. The minimum Gasteiger partial charge on any atom is -0.496 e. The fourth-order valence-corrected chi connectivity index (χ4v) is 2.72. The van der Waals surface area contributed by atoms with Crippen LogP contribution < -0.4 is 9.47 Å². The Morgan fingerprint density at radius 1 is 1.24 bits per heavy atom. The first-order valence-corrected chi connectivity index (χ1v) is 8.04. The van der Waals surface area contributed by atoms with E-state index in [2.05, 4.69) is 6.58 Å². The van der Waals surface area contributed by atoms with Gasteiger partial charge in [-0.2, -0.15) is 0 Å². The summed E-state index contributed by atoms with van der Waals surface area (Å²) in [5.74, 6) is 1.57. The number of methoxy groups -OCH3 is 1. The molecule has 5 heteroatoms. The first-order valence-electron chi connectivity index (χ1n) is 8.04. The molecule has 0 bridgehead atoms. The first kappa shape index (κ1) is 16.9. The normalized spacial score (nSPS) is 16.0. The Kier molecular flexibility index (Phi) is 5.23. The standard InChI is InChI=1S/C20H20O5/c1-3-10-23-16-7-5-15(6-8-16)18-12-14(4-9-19(18)22-2)11-17-13-24-20(21)25-17/h3-9,12,17H,1,10-11,13H2,2H3. The molecule has 130 valence electrons. The third-order valence-electron chi connectivity index (χ3n) is 3.91. The maximum atomic E-state index is 11.1. The molecular weight excluding hydrogens is 320 g/mol. The van der Waals surface area contributed by atoms with Crippen LogP contribution in [0, 0.1) is 0 Å². The molecular formula is C20H20O5. The van der Waals surface area contributed by atoms with E-state index in [1.165, 1.54) is 0 Å². The molecule has 1 heterocycles. The van der Waals surface area contributed by atoms with Crippen LogP contribution in [0.25, 0.3) is 11.1 Å². The highest BCUT2D eigenvalue weighted by Gasteiger charge is 2.25. The molecule has 0 radical (unpaired) electrons. The lowest BCUT2D eigenvalue weighted by Crippen LogP contribution is -2.13. The number of carbonyl (C=O) groups excluding carboxylic acids is 1. The van der Waals surface area contributed by atoms with Crippen molar-refractivity contribution in [3.05, 3.63) is 60.7 Å². The minimum atomic E-state index is -0.603. The van der Waals surface area contributed by atoms with E-state index in [9.17, 15) is 4.79 Å². The van der Waals surface area contributed by atoms with Crippen molar-refractivity contribution in [1.82, 2.24) is 0 Å². The average Bonchev–Trinajstić information content (AvgIpc) is 3.05. The van der Waals surface area contributed by atoms with Crippen molar-refractivity contribution < 1.29 is 23.7 Å². The molecule has 1 fully saturated rings. The Balaban J connectivity index is 1.82. The number of cyclic esters (lactones) is 2. The van der Waals surface area contributed by atoms with Crippen LogP contribution in [0.1, 0.15) is 5.56 Å². The summed E-state index contributed by atoms with van der Waals surface area (Å²) in [5, 5.41) is 0. The van der Waals surface area contributed by atoms with E-state index in [1.807, 2.05) is 42.5 Å². The van der Waals surface area contributed by atoms with Gasteiger partial charge in [0.15, 0.2) is 0 Å². The van der Waals surface area contributed by atoms with Crippen LogP contribution in [-0.4, -0.2) is 32.6 Å². The van der Waals surface area contributed by atoms with Crippen LogP contribution in [0.4, 0.5) is 4.79 Å². The first-order chi connectivity index (χ1) is 12.2. The lowest BCUT2D eigenvalue weighted by atomic mass is 9.99. The van der Waals surface area contributed by atoms with Gasteiger partial charge in [0.05, 0.1) is 7.11 Å². The Hall–Kier alpha value is -2.95. The summed E-state index contributed by atoms with van der Waals surface area (Å²) in [6, 6.07) is 13.7. The minimum absolute atomic E-state index is 0.247. The van der Waals surface area contributed by atoms with Crippen LogP contribution >= 0.6 is 0 Å². The van der Waals surface area contributed by atoms with Gasteiger partial charge in [0.1, 0.15) is 30.8 Å². The van der Waals surface area contributed by atoms with Crippen LogP contribution in [0.5, 0.6) is 11.5 Å². The average molecular weight is 340 g/mol. The largest absolute Gasteiger partial charge is 0.508 e. The SMILES string of the molecule is C=CCOc1ccc(-c2cc(CC3COC(=O)O3)ccc2OC)cc1. The van der Waals surface area contributed by atoms with Crippen molar-refractivity contribution in [2.45, 2.75) is 12.5 Å². The van der Waals surface area contributed by atoms with Crippen LogP contribution in [0.15, 0.2) is 55.1 Å². The molecule has 0 amide bonds. The number of carbonyl (C=O) groups is 1. The molecule has 3 rings (SSSR count). The molecule has 2 aromatic rings. The Morgan fingerprint density at radius 3 is 2.68 bits per heavy atom. The monoisotopic (exact) mass is 340 g/mol. The molecule has 1 aliphatic rings. The van der Waals surface area contributed by atoms with Gasteiger partial charge in [-0.25, -0.2) is 4.79 Å².